The molecule has 118 valence electrons. The lowest BCUT2D eigenvalue weighted by atomic mass is 10.1. The van der Waals surface area contributed by atoms with Crippen molar-refractivity contribution in [3.8, 4) is 11.1 Å². The first-order valence-electron chi connectivity index (χ1n) is 7.59. The van der Waals surface area contributed by atoms with E-state index < -0.39 is 0 Å². The maximum Gasteiger partial charge on any atom is 0.250 e. The summed E-state index contributed by atoms with van der Waals surface area (Å²) in [6, 6.07) is 19.5. The van der Waals surface area contributed by atoms with Gasteiger partial charge in [-0.15, -0.1) is 0 Å². The van der Waals surface area contributed by atoms with E-state index in [2.05, 4.69) is 26.1 Å². The molecule has 0 aliphatic heterocycles. The molecule has 0 aliphatic carbocycles. The smallest absolute Gasteiger partial charge is 0.250 e. The molecule has 24 heavy (non-hydrogen) atoms. The summed E-state index contributed by atoms with van der Waals surface area (Å²) in [4.78, 5) is 12.2. The van der Waals surface area contributed by atoms with Gasteiger partial charge in [0.1, 0.15) is 4.60 Å². The lowest BCUT2D eigenvalue weighted by Crippen LogP contribution is -2.19. The highest BCUT2D eigenvalue weighted by molar-refractivity contribution is 9.10. The fraction of sp³-hybridized carbons (Fsp3) is 0.0526. The number of nitrogens with zero attached hydrogens (tertiary/aromatic N) is 2. The van der Waals surface area contributed by atoms with Crippen LogP contribution < -0.4 is 5.56 Å². The third kappa shape index (κ3) is 2.78. The summed E-state index contributed by atoms with van der Waals surface area (Å²) in [5.74, 6) is 0. The zero-order valence-corrected chi connectivity index (χ0v) is 14.3. The topological polar surface area (TPSA) is 50.7 Å². The minimum Gasteiger partial charge on any atom is -0.310 e. The summed E-state index contributed by atoms with van der Waals surface area (Å²) in [5.41, 5.74) is 4.00. The van der Waals surface area contributed by atoms with Gasteiger partial charge in [-0.2, -0.15) is 5.10 Å². The molecule has 0 fully saturated rings. The third-order valence-corrected chi connectivity index (χ3v) is 4.63. The van der Waals surface area contributed by atoms with Crippen molar-refractivity contribution >= 4 is 26.8 Å². The van der Waals surface area contributed by atoms with Crippen LogP contribution in [0.3, 0.4) is 0 Å². The fourth-order valence-electron chi connectivity index (χ4n) is 2.76. The molecule has 4 rings (SSSR count). The summed E-state index contributed by atoms with van der Waals surface area (Å²) in [5, 5.41) is 8.23. The van der Waals surface area contributed by atoms with Crippen molar-refractivity contribution < 1.29 is 0 Å². The number of pyridine rings is 1. The fourth-order valence-corrected chi connectivity index (χ4v) is 3.19. The van der Waals surface area contributed by atoms with Gasteiger partial charge in [-0.25, -0.2) is 0 Å². The zero-order chi connectivity index (χ0) is 16.5. The Hall–Kier alpha value is -2.66. The van der Waals surface area contributed by atoms with Gasteiger partial charge in [0.15, 0.2) is 0 Å². The number of hydrogen-bond donors (Lipinski definition) is 1. The maximum atomic E-state index is 12.2. The number of rotatable bonds is 3. The van der Waals surface area contributed by atoms with Gasteiger partial charge in [-0.1, -0.05) is 36.4 Å². The highest BCUT2D eigenvalue weighted by atomic mass is 79.9. The minimum atomic E-state index is -0.00815. The van der Waals surface area contributed by atoms with Crippen LogP contribution in [0.15, 0.2) is 76.3 Å². The van der Waals surface area contributed by atoms with Gasteiger partial charge in [-0.3, -0.25) is 9.89 Å². The van der Waals surface area contributed by atoms with Gasteiger partial charge in [0, 0.05) is 17.6 Å². The van der Waals surface area contributed by atoms with Crippen LogP contribution in [-0.4, -0.2) is 14.8 Å². The van der Waals surface area contributed by atoms with Crippen LogP contribution in [0.2, 0.25) is 0 Å². The van der Waals surface area contributed by atoms with E-state index in [4.69, 9.17) is 0 Å². The average Bonchev–Trinajstić information content (AvgIpc) is 2.98. The summed E-state index contributed by atoms with van der Waals surface area (Å²) in [7, 11) is 0. The van der Waals surface area contributed by atoms with Crippen LogP contribution in [0, 0.1) is 0 Å². The van der Waals surface area contributed by atoms with Crippen LogP contribution in [0.25, 0.3) is 22.0 Å². The van der Waals surface area contributed by atoms with Gasteiger partial charge >= 0.3 is 0 Å². The quantitative estimate of drug-likeness (QED) is 0.579. The Morgan fingerprint density at radius 2 is 1.79 bits per heavy atom. The molecular formula is C19H14BrN3O. The molecule has 0 radical (unpaired) electrons. The first-order valence-corrected chi connectivity index (χ1v) is 8.38. The van der Waals surface area contributed by atoms with Crippen LogP contribution in [0.4, 0.5) is 0 Å². The van der Waals surface area contributed by atoms with E-state index in [0.29, 0.717) is 6.54 Å². The van der Waals surface area contributed by atoms with Crippen LogP contribution in [0.1, 0.15) is 5.56 Å². The highest BCUT2D eigenvalue weighted by Gasteiger charge is 2.07. The Morgan fingerprint density at radius 1 is 1.00 bits per heavy atom. The molecule has 4 aromatic rings. The van der Waals surface area contributed by atoms with Crippen molar-refractivity contribution in [2.24, 2.45) is 0 Å². The average molecular weight is 380 g/mol. The summed E-state index contributed by atoms with van der Waals surface area (Å²) in [6.07, 6.45) is 1.90. The monoisotopic (exact) mass is 379 g/mol. The predicted molar refractivity (Wildman–Crippen MR) is 99.0 cm³/mol. The van der Waals surface area contributed by atoms with E-state index in [0.717, 1.165) is 32.2 Å². The lowest BCUT2D eigenvalue weighted by Gasteiger charge is -2.09. The number of benzene rings is 2. The first kappa shape index (κ1) is 14.9. The standard InChI is InChI=1S/C19H14BrN3O/c20-19-16-8-6-14(10-17(16)21-22-19)15-7-9-18(24)23(12-15)11-13-4-2-1-3-5-13/h1-10,12H,11H2,(H,21,22). The molecule has 0 saturated heterocycles. The molecular weight excluding hydrogens is 366 g/mol. The zero-order valence-electron chi connectivity index (χ0n) is 12.7. The van der Waals surface area contributed by atoms with Crippen molar-refractivity contribution in [3.63, 3.8) is 0 Å². The van der Waals surface area contributed by atoms with E-state index >= 15 is 0 Å². The van der Waals surface area contributed by atoms with Gasteiger partial charge in [-0.05, 0) is 50.8 Å². The number of aromatic nitrogens is 3. The molecule has 0 aliphatic rings. The molecule has 0 saturated carbocycles. The summed E-state index contributed by atoms with van der Waals surface area (Å²) >= 11 is 3.44. The molecule has 4 nitrogen and oxygen atoms in total. The van der Waals surface area contributed by atoms with Gasteiger partial charge in [0.25, 0.3) is 5.56 Å². The van der Waals surface area contributed by atoms with E-state index in [1.165, 1.54) is 0 Å². The van der Waals surface area contributed by atoms with Crippen molar-refractivity contribution in [2.45, 2.75) is 6.54 Å². The molecule has 0 amide bonds. The van der Waals surface area contributed by atoms with Crippen molar-refractivity contribution in [1.82, 2.24) is 14.8 Å². The SMILES string of the molecule is O=c1ccc(-c2ccc3c(Br)[nH]nc3c2)cn1Cc1ccccc1. The van der Waals surface area contributed by atoms with Crippen LogP contribution in [0.5, 0.6) is 0 Å². The Balaban J connectivity index is 1.75. The number of aromatic amines is 1. The molecule has 0 bridgehead atoms. The van der Waals surface area contributed by atoms with Gasteiger partial charge in [0.05, 0.1) is 12.1 Å². The molecule has 0 atom stereocenters. The number of halogens is 1. The molecule has 0 spiro atoms. The molecule has 2 heterocycles. The Kier molecular flexibility index (Phi) is 3.78. The number of nitrogens with one attached hydrogen (secondary N) is 1. The summed E-state index contributed by atoms with van der Waals surface area (Å²) in [6.45, 7) is 0.559. The van der Waals surface area contributed by atoms with Gasteiger partial charge < -0.3 is 4.57 Å². The number of hydrogen-bond acceptors (Lipinski definition) is 2. The normalized spacial score (nSPS) is 11.0. The van der Waals surface area contributed by atoms with Crippen LogP contribution >= 0.6 is 15.9 Å². The molecule has 2 aromatic heterocycles. The number of fused-ring (bicyclic) bond motifs is 1. The van der Waals surface area contributed by atoms with E-state index in [9.17, 15) is 4.79 Å². The Bertz CT molecular complexity index is 1070. The maximum absolute atomic E-state index is 12.2. The second-order valence-electron chi connectivity index (χ2n) is 5.64. The third-order valence-electron chi connectivity index (χ3n) is 4.02. The second kappa shape index (κ2) is 6.09. The summed E-state index contributed by atoms with van der Waals surface area (Å²) < 4.78 is 2.60. The number of H-pyrrole nitrogens is 1. The van der Waals surface area contributed by atoms with Crippen molar-refractivity contribution in [3.05, 3.63) is 87.4 Å². The second-order valence-corrected chi connectivity index (χ2v) is 6.43. The van der Waals surface area contributed by atoms with Crippen molar-refractivity contribution in [1.29, 1.82) is 0 Å². The Morgan fingerprint density at radius 3 is 2.62 bits per heavy atom. The van der Waals surface area contributed by atoms with E-state index in [1.807, 2.05) is 60.8 Å². The molecule has 1 N–H and O–H groups in total. The first-order chi connectivity index (χ1) is 11.7. The minimum absolute atomic E-state index is 0.00815. The highest BCUT2D eigenvalue weighted by Crippen LogP contribution is 2.26. The largest absolute Gasteiger partial charge is 0.310 e. The van der Waals surface area contributed by atoms with E-state index in [-0.39, 0.29) is 5.56 Å². The molecule has 0 unspecified atom stereocenters. The van der Waals surface area contributed by atoms with Crippen LogP contribution in [-0.2, 0) is 6.54 Å². The van der Waals surface area contributed by atoms with Gasteiger partial charge in [0.2, 0.25) is 0 Å². The van der Waals surface area contributed by atoms with E-state index in [1.54, 1.807) is 10.6 Å². The lowest BCUT2D eigenvalue weighted by molar-refractivity contribution is 0.761. The molecule has 5 heteroatoms. The van der Waals surface area contributed by atoms with Crippen molar-refractivity contribution in [2.75, 3.05) is 0 Å². The Labute approximate surface area is 146 Å². The molecule has 2 aromatic carbocycles. The predicted octanol–water partition coefficient (Wildman–Crippen LogP) is 4.20.